The highest BCUT2D eigenvalue weighted by Gasteiger charge is 2.32. The topological polar surface area (TPSA) is 78.4 Å². The Bertz CT molecular complexity index is 806. The molecule has 2 aromatic carbocycles. The highest BCUT2D eigenvalue weighted by Crippen LogP contribution is 2.27. The van der Waals surface area contributed by atoms with Gasteiger partial charge >= 0.3 is 0 Å². The van der Waals surface area contributed by atoms with Gasteiger partial charge in [0.25, 0.3) is 5.91 Å². The number of hydrogen-bond acceptors (Lipinski definition) is 4. The molecule has 0 fully saturated rings. The van der Waals surface area contributed by atoms with Crippen molar-refractivity contribution in [1.29, 1.82) is 0 Å². The molecule has 6 heteroatoms. The number of hydrogen-bond donors (Lipinski definition) is 3. The molecule has 1 atom stereocenters. The third-order valence-corrected chi connectivity index (χ3v) is 5.13. The van der Waals surface area contributed by atoms with Gasteiger partial charge in [0.2, 0.25) is 5.91 Å². The first-order chi connectivity index (χ1) is 12.6. The molecule has 0 aliphatic carbocycles. The standard InChI is InChI=1S/C20H20N2O3S/c23-17(21-12-15-9-5-2-6-10-15)13-26-19-18(24)16(22-20(19)25)11-14-7-3-1-4-8-14/h1-10,16,24H,11-13H2,(H,21,23)(H,22,25). The molecular formula is C20H20N2O3S. The van der Waals surface area contributed by atoms with Gasteiger partial charge in [0.05, 0.1) is 11.8 Å². The minimum absolute atomic E-state index is 0.0136. The second kappa shape index (κ2) is 8.58. The van der Waals surface area contributed by atoms with E-state index in [-0.39, 0.29) is 28.2 Å². The van der Waals surface area contributed by atoms with Crippen molar-refractivity contribution in [3.05, 3.63) is 82.5 Å². The summed E-state index contributed by atoms with van der Waals surface area (Å²) in [4.78, 5) is 24.3. The van der Waals surface area contributed by atoms with Crippen LogP contribution in [-0.4, -0.2) is 28.7 Å². The van der Waals surface area contributed by atoms with Crippen LogP contribution in [0.5, 0.6) is 0 Å². The van der Waals surface area contributed by atoms with Crippen molar-refractivity contribution in [3.8, 4) is 0 Å². The molecule has 1 aliphatic rings. The zero-order valence-electron chi connectivity index (χ0n) is 14.1. The van der Waals surface area contributed by atoms with Crippen molar-refractivity contribution in [2.24, 2.45) is 0 Å². The summed E-state index contributed by atoms with van der Waals surface area (Å²) in [6.45, 7) is 0.439. The van der Waals surface area contributed by atoms with Crippen molar-refractivity contribution < 1.29 is 14.7 Å². The van der Waals surface area contributed by atoms with Crippen LogP contribution in [-0.2, 0) is 22.6 Å². The number of benzene rings is 2. The molecule has 134 valence electrons. The highest BCUT2D eigenvalue weighted by molar-refractivity contribution is 8.04. The van der Waals surface area contributed by atoms with E-state index in [1.54, 1.807) is 0 Å². The van der Waals surface area contributed by atoms with Gasteiger partial charge in [0.1, 0.15) is 10.7 Å². The normalized spacial score (nSPS) is 16.5. The quantitative estimate of drug-likeness (QED) is 0.702. The molecule has 0 aromatic heterocycles. The SMILES string of the molecule is O=C(CSC1=C(O)C(Cc2ccccc2)NC1=O)NCc1ccccc1. The van der Waals surface area contributed by atoms with E-state index >= 15 is 0 Å². The molecule has 0 radical (unpaired) electrons. The van der Waals surface area contributed by atoms with E-state index in [4.69, 9.17) is 0 Å². The Morgan fingerprint density at radius 2 is 1.65 bits per heavy atom. The number of aliphatic hydroxyl groups excluding tert-OH is 1. The fraction of sp³-hybridized carbons (Fsp3) is 0.200. The molecule has 3 rings (SSSR count). The summed E-state index contributed by atoms with van der Waals surface area (Å²) in [5, 5.41) is 15.9. The number of nitrogens with one attached hydrogen (secondary N) is 2. The predicted octanol–water partition coefficient (Wildman–Crippen LogP) is 2.55. The molecule has 1 aliphatic heterocycles. The smallest absolute Gasteiger partial charge is 0.261 e. The predicted molar refractivity (Wildman–Crippen MR) is 102 cm³/mol. The summed E-state index contributed by atoms with van der Waals surface area (Å²) in [6.07, 6.45) is 0.517. The van der Waals surface area contributed by atoms with E-state index in [2.05, 4.69) is 10.6 Å². The van der Waals surface area contributed by atoms with Crippen LogP contribution < -0.4 is 10.6 Å². The second-order valence-electron chi connectivity index (χ2n) is 5.98. The second-order valence-corrected chi connectivity index (χ2v) is 6.97. The minimum atomic E-state index is -0.445. The van der Waals surface area contributed by atoms with Crippen LogP contribution in [0.1, 0.15) is 11.1 Å². The third kappa shape index (κ3) is 4.67. The van der Waals surface area contributed by atoms with Gasteiger partial charge in [-0.3, -0.25) is 9.59 Å². The van der Waals surface area contributed by atoms with Gasteiger partial charge in [-0.25, -0.2) is 0 Å². The summed E-state index contributed by atoms with van der Waals surface area (Å²) < 4.78 is 0. The van der Waals surface area contributed by atoms with Gasteiger partial charge in [-0.15, -0.1) is 11.8 Å². The minimum Gasteiger partial charge on any atom is -0.509 e. The molecular weight excluding hydrogens is 348 g/mol. The third-order valence-electron chi connectivity index (χ3n) is 4.04. The molecule has 3 N–H and O–H groups in total. The summed E-state index contributed by atoms with van der Waals surface area (Å²) in [5.74, 6) is -0.417. The van der Waals surface area contributed by atoms with Crippen molar-refractivity contribution in [2.75, 3.05) is 5.75 Å². The average Bonchev–Trinajstić information content (AvgIpc) is 2.93. The van der Waals surface area contributed by atoms with Crippen LogP contribution >= 0.6 is 11.8 Å². The first kappa shape index (κ1) is 18.1. The van der Waals surface area contributed by atoms with Crippen LogP contribution in [0.3, 0.4) is 0 Å². The summed E-state index contributed by atoms with van der Waals surface area (Å²) in [7, 11) is 0. The number of thioether (sulfide) groups is 1. The van der Waals surface area contributed by atoms with E-state index in [9.17, 15) is 14.7 Å². The van der Waals surface area contributed by atoms with Gasteiger partial charge in [0, 0.05) is 6.54 Å². The Kier molecular flexibility index (Phi) is 5.96. The van der Waals surface area contributed by atoms with Crippen LogP contribution in [0.4, 0.5) is 0 Å². The lowest BCUT2D eigenvalue weighted by Crippen LogP contribution is -2.30. The van der Waals surface area contributed by atoms with E-state index in [1.165, 1.54) is 0 Å². The summed E-state index contributed by atoms with van der Waals surface area (Å²) >= 11 is 1.06. The fourth-order valence-electron chi connectivity index (χ4n) is 2.69. The monoisotopic (exact) mass is 368 g/mol. The maximum atomic E-state index is 12.1. The van der Waals surface area contributed by atoms with Crippen LogP contribution in [0, 0.1) is 0 Å². The van der Waals surface area contributed by atoms with E-state index in [0.29, 0.717) is 13.0 Å². The Labute approximate surface area is 156 Å². The number of aliphatic hydroxyl groups is 1. The van der Waals surface area contributed by atoms with Crippen molar-refractivity contribution in [3.63, 3.8) is 0 Å². The number of amides is 2. The Balaban J connectivity index is 1.53. The molecule has 26 heavy (non-hydrogen) atoms. The van der Waals surface area contributed by atoms with Gasteiger partial charge < -0.3 is 15.7 Å². The number of rotatable bonds is 7. The van der Waals surface area contributed by atoms with E-state index in [1.807, 2.05) is 60.7 Å². The molecule has 1 heterocycles. The average molecular weight is 368 g/mol. The largest absolute Gasteiger partial charge is 0.509 e. The summed E-state index contributed by atoms with van der Waals surface area (Å²) in [5.41, 5.74) is 2.03. The zero-order chi connectivity index (χ0) is 18.4. The van der Waals surface area contributed by atoms with E-state index < -0.39 is 6.04 Å². The fourth-order valence-corrected chi connectivity index (χ4v) is 3.55. The molecule has 2 aromatic rings. The Morgan fingerprint density at radius 3 is 2.31 bits per heavy atom. The van der Waals surface area contributed by atoms with Gasteiger partial charge in [0.15, 0.2) is 0 Å². The van der Waals surface area contributed by atoms with E-state index in [0.717, 1.165) is 22.9 Å². The van der Waals surface area contributed by atoms with Crippen molar-refractivity contribution in [1.82, 2.24) is 10.6 Å². The molecule has 1 unspecified atom stereocenters. The maximum Gasteiger partial charge on any atom is 0.261 e. The maximum absolute atomic E-state index is 12.1. The molecule has 0 bridgehead atoms. The van der Waals surface area contributed by atoms with Gasteiger partial charge in [-0.05, 0) is 17.5 Å². The molecule has 2 amide bonds. The molecule has 0 saturated heterocycles. The molecule has 0 spiro atoms. The zero-order valence-corrected chi connectivity index (χ0v) is 15.0. The van der Waals surface area contributed by atoms with Crippen LogP contribution in [0.15, 0.2) is 71.3 Å². The Morgan fingerprint density at radius 1 is 1.04 bits per heavy atom. The van der Waals surface area contributed by atoms with Crippen molar-refractivity contribution in [2.45, 2.75) is 19.0 Å². The number of carbonyl (C=O) groups is 2. The summed E-state index contributed by atoms with van der Waals surface area (Å²) in [6, 6.07) is 18.8. The first-order valence-electron chi connectivity index (χ1n) is 8.35. The van der Waals surface area contributed by atoms with Crippen LogP contribution in [0.25, 0.3) is 0 Å². The Hall–Kier alpha value is -2.73. The lowest BCUT2D eigenvalue weighted by Gasteiger charge is -2.10. The van der Waals surface area contributed by atoms with Gasteiger partial charge in [-0.2, -0.15) is 0 Å². The lowest BCUT2D eigenvalue weighted by molar-refractivity contribution is -0.118. The highest BCUT2D eigenvalue weighted by atomic mass is 32.2. The molecule has 5 nitrogen and oxygen atoms in total. The molecule has 0 saturated carbocycles. The first-order valence-corrected chi connectivity index (χ1v) is 9.33. The number of carbonyl (C=O) groups excluding carboxylic acids is 2. The van der Waals surface area contributed by atoms with Gasteiger partial charge in [-0.1, -0.05) is 60.7 Å². The van der Waals surface area contributed by atoms with Crippen molar-refractivity contribution >= 4 is 23.6 Å². The van der Waals surface area contributed by atoms with Crippen LogP contribution in [0.2, 0.25) is 0 Å². The lowest BCUT2D eigenvalue weighted by atomic mass is 10.1.